The average Bonchev–Trinajstić information content (AvgIpc) is 3.50. The molecule has 5 rings (SSSR count). The first kappa shape index (κ1) is 35.6. The molecule has 0 saturated heterocycles. The Hall–Kier alpha value is -2.23. The van der Waals surface area contributed by atoms with Crippen LogP contribution in [0.15, 0.2) is 64.5 Å². The molecule has 45 heavy (non-hydrogen) atoms. The summed E-state index contributed by atoms with van der Waals surface area (Å²) in [6.45, 7) is 10.8. The summed E-state index contributed by atoms with van der Waals surface area (Å²) in [6.07, 6.45) is 2.38. The van der Waals surface area contributed by atoms with Crippen molar-refractivity contribution in [2.45, 2.75) is 45.1 Å². The maximum absolute atomic E-state index is 11.4. The summed E-state index contributed by atoms with van der Waals surface area (Å²) in [6, 6.07) is 17.6. The smallest absolute Gasteiger partial charge is 0.265 e. The third kappa shape index (κ3) is 9.64. The lowest BCUT2D eigenvalue weighted by Crippen LogP contribution is -2.36. The molecule has 4 aromatic rings. The number of aromatic nitrogens is 1. The molecule has 3 aromatic carbocycles. The van der Waals surface area contributed by atoms with E-state index in [1.165, 1.54) is 31.4 Å². The first-order valence-corrected chi connectivity index (χ1v) is 19.9. The molecular formula is C31H38ClN3O6S4. The quantitative estimate of drug-likeness (QED) is 0.130. The van der Waals surface area contributed by atoms with Crippen LogP contribution < -0.4 is 9.47 Å². The highest BCUT2D eigenvalue weighted by Gasteiger charge is 2.29. The fraction of sp³-hybridized carbons (Fsp3) is 0.387. The molecular weight excluding hydrogens is 674 g/mol. The van der Waals surface area contributed by atoms with Crippen LogP contribution in [0.1, 0.15) is 38.6 Å². The van der Waals surface area contributed by atoms with E-state index < -0.39 is 26.0 Å². The fourth-order valence-electron chi connectivity index (χ4n) is 5.20. The molecule has 244 valence electrons. The van der Waals surface area contributed by atoms with E-state index in [1.54, 1.807) is 17.4 Å². The predicted molar refractivity (Wildman–Crippen MR) is 186 cm³/mol. The first-order chi connectivity index (χ1) is 21.3. The second-order valence-corrected chi connectivity index (χ2v) is 16.1. The molecule has 0 saturated carbocycles. The molecule has 0 spiro atoms. The van der Waals surface area contributed by atoms with Crippen LogP contribution >= 0.6 is 34.7 Å². The lowest BCUT2D eigenvalue weighted by atomic mass is 10.1. The predicted octanol–water partition coefficient (Wildman–Crippen LogP) is 6.47. The molecule has 0 fully saturated rings. The van der Waals surface area contributed by atoms with Crippen molar-refractivity contribution < 1.29 is 30.5 Å². The minimum atomic E-state index is -4.35. The third-order valence-electron chi connectivity index (χ3n) is 7.46. The minimum absolute atomic E-state index is 0.154. The topological polar surface area (TPSA) is 122 Å². The van der Waals surface area contributed by atoms with E-state index in [1.807, 2.05) is 59.5 Å². The SMILES string of the molecule is CCN(CC)CC.O=S(=O)([O-])CCCN1C(=Cc2sc3ccc4ccccc4c3[n+]2CCCS(=O)(=O)O)Sc2ccc(Cl)cc21. The number of fused-ring (bicyclic) bond motifs is 4. The number of hydrogen-bond donors (Lipinski definition) is 1. The Morgan fingerprint density at radius 2 is 1.69 bits per heavy atom. The summed E-state index contributed by atoms with van der Waals surface area (Å²) in [4.78, 5) is 5.29. The maximum Gasteiger partial charge on any atom is 0.265 e. The lowest BCUT2D eigenvalue weighted by molar-refractivity contribution is -0.667. The molecule has 1 aromatic heterocycles. The van der Waals surface area contributed by atoms with Crippen LogP contribution in [0.5, 0.6) is 0 Å². The highest BCUT2D eigenvalue weighted by atomic mass is 35.5. The van der Waals surface area contributed by atoms with Crippen LogP contribution in [0, 0.1) is 0 Å². The fourth-order valence-corrected chi connectivity index (χ4v) is 8.66. The van der Waals surface area contributed by atoms with E-state index in [-0.39, 0.29) is 18.6 Å². The third-order valence-corrected chi connectivity index (χ3v) is 11.5. The Balaban J connectivity index is 0.000000591. The zero-order valence-corrected chi connectivity index (χ0v) is 29.5. The van der Waals surface area contributed by atoms with Gasteiger partial charge in [0.1, 0.15) is 4.70 Å². The summed E-state index contributed by atoms with van der Waals surface area (Å²) in [7, 11) is -8.45. The minimum Gasteiger partial charge on any atom is -0.748 e. The number of anilines is 1. The van der Waals surface area contributed by atoms with Crippen molar-refractivity contribution in [3.05, 3.63) is 69.7 Å². The summed E-state index contributed by atoms with van der Waals surface area (Å²) in [5, 5.41) is 4.34. The number of halogens is 1. The number of thioether (sulfide) groups is 1. The standard InChI is InChI=1S/C25H23ClN2O6S4.C6H15N/c26-18-8-10-21-20(15-18)27(11-3-13-37(29,30)31)23(35-21)16-24-28(12-4-14-38(32,33)34)25-19-6-2-1-5-17(19)7-9-22(25)36-24;1-4-7(5-2)6-3/h1-2,5-10,15-16H,3-4,11-14H2,(H-,29,30,31,32,33,34);4-6H2,1-3H3. The largest absolute Gasteiger partial charge is 0.748 e. The Bertz CT molecular complexity index is 1880. The molecule has 14 heteroatoms. The molecule has 1 aliphatic rings. The van der Waals surface area contributed by atoms with Gasteiger partial charge >= 0.3 is 0 Å². The van der Waals surface area contributed by atoms with Crippen molar-refractivity contribution in [2.75, 3.05) is 42.6 Å². The van der Waals surface area contributed by atoms with Gasteiger partial charge < -0.3 is 14.4 Å². The van der Waals surface area contributed by atoms with Crippen molar-refractivity contribution in [1.82, 2.24) is 4.90 Å². The molecule has 0 unspecified atom stereocenters. The van der Waals surface area contributed by atoms with Gasteiger partial charge in [0.05, 0.1) is 38.0 Å². The summed E-state index contributed by atoms with van der Waals surface area (Å²) < 4.78 is 68.9. The van der Waals surface area contributed by atoms with E-state index >= 15 is 0 Å². The maximum atomic E-state index is 11.4. The molecule has 1 aliphatic heterocycles. The highest BCUT2D eigenvalue weighted by Crippen LogP contribution is 2.48. The lowest BCUT2D eigenvalue weighted by Gasteiger charge is -2.20. The van der Waals surface area contributed by atoms with Gasteiger partial charge in [0.2, 0.25) is 5.52 Å². The van der Waals surface area contributed by atoms with Crippen LogP contribution in [0.4, 0.5) is 5.69 Å². The Labute approximate surface area is 279 Å². The van der Waals surface area contributed by atoms with Gasteiger partial charge in [-0.15, -0.1) is 0 Å². The second-order valence-electron chi connectivity index (χ2n) is 10.4. The van der Waals surface area contributed by atoms with Gasteiger partial charge in [-0.1, -0.05) is 79.7 Å². The number of benzene rings is 3. The van der Waals surface area contributed by atoms with E-state index in [4.69, 9.17) is 11.6 Å². The van der Waals surface area contributed by atoms with Gasteiger partial charge in [-0.2, -0.15) is 13.0 Å². The molecule has 0 aliphatic carbocycles. The van der Waals surface area contributed by atoms with Gasteiger partial charge in [0.15, 0.2) is 6.54 Å². The zero-order chi connectivity index (χ0) is 32.8. The van der Waals surface area contributed by atoms with Crippen LogP contribution in [-0.4, -0.2) is 68.5 Å². The van der Waals surface area contributed by atoms with Gasteiger partial charge in [-0.05, 0) is 61.8 Å². The molecule has 0 bridgehead atoms. The highest BCUT2D eigenvalue weighted by molar-refractivity contribution is 8.04. The normalized spacial score (nSPS) is 14.4. The van der Waals surface area contributed by atoms with Crippen LogP contribution in [0.25, 0.3) is 27.1 Å². The summed E-state index contributed by atoms with van der Waals surface area (Å²) >= 11 is 9.33. The monoisotopic (exact) mass is 711 g/mol. The van der Waals surface area contributed by atoms with Crippen molar-refractivity contribution in [1.29, 1.82) is 0 Å². The van der Waals surface area contributed by atoms with Gasteiger partial charge in [-0.25, -0.2) is 8.42 Å². The van der Waals surface area contributed by atoms with Crippen LogP contribution in [0.2, 0.25) is 5.02 Å². The zero-order valence-electron chi connectivity index (χ0n) is 25.5. The van der Waals surface area contributed by atoms with Crippen LogP contribution in [0.3, 0.4) is 0 Å². The van der Waals surface area contributed by atoms with Crippen molar-refractivity contribution in [2.24, 2.45) is 0 Å². The molecule has 0 amide bonds. The average molecular weight is 712 g/mol. The molecule has 1 N–H and O–H groups in total. The van der Waals surface area contributed by atoms with E-state index in [0.29, 0.717) is 18.1 Å². The Kier molecular flexibility index (Phi) is 12.3. The summed E-state index contributed by atoms with van der Waals surface area (Å²) in [5.41, 5.74) is 1.81. The Morgan fingerprint density at radius 3 is 2.33 bits per heavy atom. The first-order valence-electron chi connectivity index (χ1n) is 14.7. The van der Waals surface area contributed by atoms with Gasteiger partial charge in [0.25, 0.3) is 15.1 Å². The number of hydrogen-bond acceptors (Lipinski definition) is 9. The van der Waals surface area contributed by atoms with Crippen molar-refractivity contribution in [3.63, 3.8) is 0 Å². The molecule has 0 atom stereocenters. The number of aryl methyl sites for hydroxylation is 1. The number of nitrogens with zero attached hydrogens (tertiary/aromatic N) is 3. The summed E-state index contributed by atoms with van der Waals surface area (Å²) in [5.74, 6) is -0.825. The number of thiazole rings is 1. The van der Waals surface area contributed by atoms with E-state index in [2.05, 4.69) is 30.2 Å². The molecule has 0 radical (unpaired) electrons. The molecule has 2 heterocycles. The van der Waals surface area contributed by atoms with E-state index in [9.17, 15) is 25.9 Å². The van der Waals surface area contributed by atoms with Crippen molar-refractivity contribution >= 4 is 87.7 Å². The van der Waals surface area contributed by atoms with Crippen LogP contribution in [-0.2, 0) is 26.8 Å². The second kappa shape index (κ2) is 15.6. The Morgan fingerprint density at radius 1 is 0.978 bits per heavy atom. The van der Waals surface area contributed by atoms with E-state index in [0.717, 1.165) is 41.6 Å². The number of rotatable bonds is 12. The molecule has 9 nitrogen and oxygen atoms in total. The van der Waals surface area contributed by atoms with Crippen molar-refractivity contribution in [3.8, 4) is 0 Å². The van der Waals surface area contributed by atoms with Gasteiger partial charge in [-0.3, -0.25) is 4.55 Å². The van der Waals surface area contributed by atoms with Gasteiger partial charge in [0, 0.05) is 28.6 Å².